The number of nitrogens with zero attached hydrogens (tertiary/aromatic N) is 3. The van der Waals surface area contributed by atoms with Crippen LogP contribution < -0.4 is 5.73 Å². The second-order valence-electron chi connectivity index (χ2n) is 4.09. The van der Waals surface area contributed by atoms with Crippen molar-refractivity contribution in [2.75, 3.05) is 0 Å². The number of aryl methyl sites for hydroxylation is 1. The molecule has 2 rings (SSSR count). The molecular weight excluding hydrogens is 283 g/mol. The SMILES string of the molecule is Cn1ncnc1CC(N)c1c(F)c(F)c(F)c(F)c1F. The molecule has 0 amide bonds. The van der Waals surface area contributed by atoms with Crippen molar-refractivity contribution in [3.8, 4) is 0 Å². The lowest BCUT2D eigenvalue weighted by molar-refractivity contribution is 0.363. The van der Waals surface area contributed by atoms with Crippen LogP contribution >= 0.6 is 0 Å². The Kier molecular flexibility index (Phi) is 3.71. The third kappa shape index (κ3) is 2.24. The van der Waals surface area contributed by atoms with Crippen LogP contribution in [0.25, 0.3) is 0 Å². The number of nitrogens with two attached hydrogens (primary N) is 1. The molecule has 9 heteroatoms. The lowest BCUT2D eigenvalue weighted by Crippen LogP contribution is -2.21. The third-order valence-electron chi connectivity index (χ3n) is 2.82. The monoisotopic (exact) mass is 292 g/mol. The molecule has 108 valence electrons. The average Bonchev–Trinajstić information content (AvgIpc) is 2.80. The van der Waals surface area contributed by atoms with Crippen molar-refractivity contribution in [2.45, 2.75) is 12.5 Å². The second-order valence-corrected chi connectivity index (χ2v) is 4.09. The summed E-state index contributed by atoms with van der Waals surface area (Å²) in [4.78, 5) is 3.77. The van der Waals surface area contributed by atoms with Gasteiger partial charge in [0.1, 0.15) is 12.2 Å². The Bertz CT molecular complexity index is 625. The summed E-state index contributed by atoms with van der Waals surface area (Å²) in [5, 5.41) is 3.71. The number of benzene rings is 1. The zero-order chi connectivity index (χ0) is 15.0. The molecule has 0 aliphatic carbocycles. The highest BCUT2D eigenvalue weighted by atomic mass is 19.2. The van der Waals surface area contributed by atoms with E-state index in [4.69, 9.17) is 5.73 Å². The van der Waals surface area contributed by atoms with Crippen LogP contribution in [0.5, 0.6) is 0 Å². The first-order chi connectivity index (χ1) is 9.34. The molecule has 1 heterocycles. The Morgan fingerprint density at radius 3 is 2.00 bits per heavy atom. The van der Waals surface area contributed by atoms with Gasteiger partial charge in [-0.1, -0.05) is 0 Å². The van der Waals surface area contributed by atoms with E-state index in [9.17, 15) is 22.0 Å². The first kappa shape index (κ1) is 14.4. The van der Waals surface area contributed by atoms with Gasteiger partial charge >= 0.3 is 0 Å². The normalized spacial score (nSPS) is 12.8. The predicted octanol–water partition coefficient (Wildman–Crippen LogP) is 1.75. The van der Waals surface area contributed by atoms with E-state index < -0.39 is 40.7 Å². The largest absolute Gasteiger partial charge is 0.323 e. The van der Waals surface area contributed by atoms with Crippen molar-refractivity contribution in [1.82, 2.24) is 14.8 Å². The predicted molar refractivity (Wildman–Crippen MR) is 57.9 cm³/mol. The highest BCUT2D eigenvalue weighted by Gasteiger charge is 2.29. The van der Waals surface area contributed by atoms with Crippen LogP contribution in [0.15, 0.2) is 6.33 Å². The zero-order valence-electron chi connectivity index (χ0n) is 10.2. The smallest absolute Gasteiger partial charge is 0.200 e. The van der Waals surface area contributed by atoms with Crippen LogP contribution in [0.3, 0.4) is 0 Å². The quantitative estimate of drug-likeness (QED) is 0.533. The lowest BCUT2D eigenvalue weighted by atomic mass is 10.0. The van der Waals surface area contributed by atoms with E-state index in [0.717, 1.165) is 0 Å². The van der Waals surface area contributed by atoms with Gasteiger partial charge in [0, 0.05) is 25.1 Å². The minimum atomic E-state index is -2.21. The van der Waals surface area contributed by atoms with Gasteiger partial charge in [-0.25, -0.2) is 26.9 Å². The summed E-state index contributed by atoms with van der Waals surface area (Å²) in [5.74, 6) is -9.87. The molecule has 2 aromatic rings. The lowest BCUT2D eigenvalue weighted by Gasteiger charge is -2.14. The maximum atomic E-state index is 13.5. The van der Waals surface area contributed by atoms with Gasteiger partial charge in [-0.15, -0.1) is 0 Å². The van der Waals surface area contributed by atoms with Crippen LogP contribution in [0, 0.1) is 29.1 Å². The number of hydrogen-bond acceptors (Lipinski definition) is 3. The first-order valence-electron chi connectivity index (χ1n) is 5.44. The molecule has 2 N–H and O–H groups in total. The molecule has 4 nitrogen and oxygen atoms in total. The zero-order valence-corrected chi connectivity index (χ0v) is 10.2. The van der Waals surface area contributed by atoms with Crippen molar-refractivity contribution in [3.63, 3.8) is 0 Å². The van der Waals surface area contributed by atoms with E-state index in [1.807, 2.05) is 0 Å². The third-order valence-corrected chi connectivity index (χ3v) is 2.82. The number of aromatic nitrogens is 3. The Morgan fingerprint density at radius 1 is 1.05 bits per heavy atom. The van der Waals surface area contributed by atoms with Gasteiger partial charge in [0.15, 0.2) is 23.3 Å². The summed E-state index contributed by atoms with van der Waals surface area (Å²) in [6.45, 7) is 0. The molecule has 1 aromatic carbocycles. The van der Waals surface area contributed by atoms with E-state index in [-0.39, 0.29) is 12.2 Å². The van der Waals surface area contributed by atoms with Crippen molar-refractivity contribution in [3.05, 3.63) is 46.8 Å². The van der Waals surface area contributed by atoms with Gasteiger partial charge in [-0.2, -0.15) is 5.10 Å². The molecule has 0 saturated heterocycles. The van der Waals surface area contributed by atoms with E-state index in [2.05, 4.69) is 10.1 Å². The molecule has 0 aliphatic heterocycles. The molecular formula is C11H9F5N4. The summed E-state index contributed by atoms with van der Waals surface area (Å²) in [7, 11) is 1.51. The summed E-state index contributed by atoms with van der Waals surface area (Å²) in [6.07, 6.45) is 0.954. The number of hydrogen-bond donors (Lipinski definition) is 1. The van der Waals surface area contributed by atoms with Crippen molar-refractivity contribution in [2.24, 2.45) is 12.8 Å². The van der Waals surface area contributed by atoms with Gasteiger partial charge < -0.3 is 5.73 Å². The Morgan fingerprint density at radius 2 is 1.55 bits per heavy atom. The van der Waals surface area contributed by atoms with Gasteiger partial charge in [0.05, 0.1) is 0 Å². The van der Waals surface area contributed by atoms with Gasteiger partial charge in [-0.3, -0.25) is 4.68 Å². The molecule has 0 spiro atoms. The Hall–Kier alpha value is -2.03. The van der Waals surface area contributed by atoms with Gasteiger partial charge in [0.2, 0.25) is 5.82 Å². The fourth-order valence-electron chi connectivity index (χ4n) is 1.75. The van der Waals surface area contributed by atoms with Crippen molar-refractivity contribution < 1.29 is 22.0 Å². The van der Waals surface area contributed by atoms with E-state index in [1.54, 1.807) is 0 Å². The summed E-state index contributed by atoms with van der Waals surface area (Å²) >= 11 is 0. The van der Waals surface area contributed by atoms with Crippen molar-refractivity contribution in [1.29, 1.82) is 0 Å². The molecule has 0 fully saturated rings. The summed E-state index contributed by atoms with van der Waals surface area (Å²) in [6, 6.07) is -1.44. The van der Waals surface area contributed by atoms with Crippen LogP contribution in [-0.4, -0.2) is 14.8 Å². The molecule has 1 atom stereocenters. The molecule has 0 saturated carbocycles. The van der Waals surface area contributed by atoms with Gasteiger partial charge in [-0.05, 0) is 0 Å². The van der Waals surface area contributed by atoms with Crippen LogP contribution in [0.4, 0.5) is 22.0 Å². The number of rotatable bonds is 3. The second kappa shape index (κ2) is 5.16. The maximum Gasteiger partial charge on any atom is 0.200 e. The molecule has 0 radical (unpaired) electrons. The minimum Gasteiger partial charge on any atom is -0.323 e. The van der Waals surface area contributed by atoms with Crippen LogP contribution in [0.2, 0.25) is 0 Å². The first-order valence-corrected chi connectivity index (χ1v) is 5.44. The topological polar surface area (TPSA) is 56.7 Å². The van der Waals surface area contributed by atoms with Gasteiger partial charge in [0.25, 0.3) is 0 Å². The highest BCUT2D eigenvalue weighted by Crippen LogP contribution is 2.28. The Balaban J connectivity index is 2.45. The fourth-order valence-corrected chi connectivity index (χ4v) is 1.75. The molecule has 0 bridgehead atoms. The molecule has 0 aliphatic rings. The Labute approximate surface area is 110 Å². The highest BCUT2D eigenvalue weighted by molar-refractivity contribution is 5.27. The number of halogens is 5. The fraction of sp³-hybridized carbons (Fsp3) is 0.273. The van der Waals surface area contributed by atoms with E-state index >= 15 is 0 Å². The maximum absolute atomic E-state index is 13.5. The summed E-state index contributed by atoms with van der Waals surface area (Å²) < 4.78 is 67.4. The van der Waals surface area contributed by atoms with Crippen molar-refractivity contribution >= 4 is 0 Å². The van der Waals surface area contributed by atoms with E-state index in [1.165, 1.54) is 18.1 Å². The van der Waals surface area contributed by atoms with Crippen LogP contribution in [-0.2, 0) is 13.5 Å². The minimum absolute atomic E-state index is 0.227. The average molecular weight is 292 g/mol. The van der Waals surface area contributed by atoms with Crippen LogP contribution in [0.1, 0.15) is 17.4 Å². The molecule has 20 heavy (non-hydrogen) atoms. The standard InChI is InChI=1S/C11H9F5N4/c1-20-5(18-3-19-20)2-4(17)6-7(12)9(14)11(16)10(15)8(6)13/h3-4H,2,17H2,1H3. The molecule has 1 aromatic heterocycles. The van der Waals surface area contributed by atoms with E-state index in [0.29, 0.717) is 0 Å². The summed E-state index contributed by atoms with van der Waals surface area (Å²) in [5.41, 5.74) is 4.46. The molecule has 1 unspecified atom stereocenters.